The lowest BCUT2D eigenvalue weighted by Crippen LogP contribution is -2.06. The van der Waals surface area contributed by atoms with Crippen LogP contribution in [0.3, 0.4) is 0 Å². The second kappa shape index (κ2) is 5.17. The average molecular weight is 252 g/mol. The van der Waals surface area contributed by atoms with Crippen LogP contribution < -0.4 is 0 Å². The van der Waals surface area contributed by atoms with E-state index in [1.807, 2.05) is 0 Å². The van der Waals surface area contributed by atoms with Gasteiger partial charge in [0.15, 0.2) is 0 Å². The van der Waals surface area contributed by atoms with Crippen molar-refractivity contribution >= 4 is 15.9 Å². The third-order valence-electron chi connectivity index (χ3n) is 2.46. The number of nitriles is 1. The molecule has 0 saturated heterocycles. The summed E-state index contributed by atoms with van der Waals surface area (Å²) in [6, 6.07) is 8.57. The lowest BCUT2D eigenvalue weighted by Gasteiger charge is -2.11. The molecule has 0 N–H and O–H groups in total. The average Bonchev–Trinajstić information content (AvgIpc) is 2.18. The summed E-state index contributed by atoms with van der Waals surface area (Å²) in [4.78, 5) is 0. The predicted molar refractivity (Wildman–Crippen MR) is 62.5 cm³/mol. The zero-order valence-electron chi connectivity index (χ0n) is 8.55. The Hall–Kier alpha value is -0.810. The maximum Gasteiger partial charge on any atom is 0.0668 e. The fraction of sp³-hybridized carbons (Fsp3) is 0.417. The topological polar surface area (TPSA) is 23.8 Å². The van der Waals surface area contributed by atoms with E-state index in [2.05, 4.69) is 54.0 Å². The Morgan fingerprint density at radius 3 is 2.36 bits per heavy atom. The highest BCUT2D eigenvalue weighted by Crippen LogP contribution is 2.18. The smallest absolute Gasteiger partial charge is 0.0668 e. The molecule has 14 heavy (non-hydrogen) atoms. The minimum atomic E-state index is 0.0785. The second-order valence-corrected chi connectivity index (χ2v) is 4.20. The van der Waals surface area contributed by atoms with Crippen molar-refractivity contribution in [2.24, 2.45) is 5.92 Å². The van der Waals surface area contributed by atoms with Crippen molar-refractivity contribution < 1.29 is 0 Å². The lowest BCUT2D eigenvalue weighted by atomic mass is 9.94. The molecule has 0 aliphatic heterocycles. The van der Waals surface area contributed by atoms with E-state index in [1.165, 1.54) is 16.7 Å². The number of rotatable bonds is 3. The molecule has 0 aliphatic carbocycles. The second-order valence-electron chi connectivity index (χ2n) is 3.55. The van der Waals surface area contributed by atoms with Gasteiger partial charge in [-0.2, -0.15) is 5.26 Å². The molecule has 1 atom stereocenters. The third-order valence-corrected chi connectivity index (χ3v) is 3.25. The van der Waals surface area contributed by atoms with Crippen LogP contribution in [-0.2, 0) is 6.42 Å². The van der Waals surface area contributed by atoms with Crippen molar-refractivity contribution in [3.63, 3.8) is 0 Å². The Morgan fingerprint density at radius 1 is 1.36 bits per heavy atom. The Labute approximate surface area is 93.9 Å². The number of nitrogens with zero attached hydrogens (tertiary/aromatic N) is 1. The van der Waals surface area contributed by atoms with Crippen LogP contribution in [0, 0.1) is 31.1 Å². The van der Waals surface area contributed by atoms with Gasteiger partial charge >= 0.3 is 0 Å². The number of hydrogen-bond acceptors (Lipinski definition) is 1. The zero-order chi connectivity index (χ0) is 10.6. The molecular formula is C12H14BrN. The van der Waals surface area contributed by atoms with Gasteiger partial charge in [0.1, 0.15) is 0 Å². The van der Waals surface area contributed by atoms with Crippen molar-refractivity contribution in [1.82, 2.24) is 0 Å². The molecule has 1 aromatic carbocycles. The van der Waals surface area contributed by atoms with E-state index in [0.29, 0.717) is 0 Å². The first-order chi connectivity index (χ1) is 6.69. The number of halogens is 1. The highest BCUT2D eigenvalue weighted by molar-refractivity contribution is 9.09. The van der Waals surface area contributed by atoms with Crippen LogP contribution in [0.15, 0.2) is 18.2 Å². The summed E-state index contributed by atoms with van der Waals surface area (Å²) in [6.07, 6.45) is 0.847. The summed E-state index contributed by atoms with van der Waals surface area (Å²) in [5.74, 6) is 0.0785. The van der Waals surface area contributed by atoms with Crippen molar-refractivity contribution in [2.45, 2.75) is 20.3 Å². The van der Waals surface area contributed by atoms with Gasteiger partial charge in [-0.1, -0.05) is 34.1 Å². The standard InChI is InChI=1S/C12H14BrN/c1-9-4-3-5-10(2)12(9)6-11(7-13)8-14/h3-5,11H,6-7H2,1-2H3. The van der Waals surface area contributed by atoms with Crippen molar-refractivity contribution in [1.29, 1.82) is 5.26 Å². The van der Waals surface area contributed by atoms with Crippen LogP contribution in [-0.4, -0.2) is 5.33 Å². The molecule has 0 aromatic heterocycles. The van der Waals surface area contributed by atoms with Crippen molar-refractivity contribution in [2.75, 3.05) is 5.33 Å². The maximum atomic E-state index is 8.89. The first kappa shape index (κ1) is 11.3. The van der Waals surface area contributed by atoms with Crippen LogP contribution in [0.1, 0.15) is 16.7 Å². The van der Waals surface area contributed by atoms with E-state index >= 15 is 0 Å². The molecule has 0 aliphatic rings. The number of alkyl halides is 1. The Morgan fingerprint density at radius 2 is 1.93 bits per heavy atom. The van der Waals surface area contributed by atoms with Gasteiger partial charge in [0.2, 0.25) is 0 Å². The highest BCUT2D eigenvalue weighted by atomic mass is 79.9. The molecule has 1 aromatic rings. The van der Waals surface area contributed by atoms with Crippen LogP contribution in [0.25, 0.3) is 0 Å². The van der Waals surface area contributed by atoms with E-state index in [1.54, 1.807) is 0 Å². The molecule has 74 valence electrons. The van der Waals surface area contributed by atoms with E-state index < -0.39 is 0 Å². The highest BCUT2D eigenvalue weighted by Gasteiger charge is 2.10. The van der Waals surface area contributed by atoms with Gasteiger partial charge in [-0.25, -0.2) is 0 Å². The molecule has 0 heterocycles. The monoisotopic (exact) mass is 251 g/mol. The summed E-state index contributed by atoms with van der Waals surface area (Å²) in [7, 11) is 0. The van der Waals surface area contributed by atoms with E-state index in [-0.39, 0.29) is 5.92 Å². The largest absolute Gasteiger partial charge is 0.198 e. The van der Waals surface area contributed by atoms with Gasteiger partial charge in [0.25, 0.3) is 0 Å². The normalized spacial score (nSPS) is 12.1. The third kappa shape index (κ3) is 2.59. The predicted octanol–water partition coefficient (Wildman–Crippen LogP) is 3.38. The van der Waals surface area contributed by atoms with E-state index in [4.69, 9.17) is 5.26 Å². The molecule has 1 rings (SSSR count). The fourth-order valence-corrected chi connectivity index (χ4v) is 1.93. The molecule has 0 amide bonds. The van der Waals surface area contributed by atoms with Gasteiger partial charge in [-0.05, 0) is 37.0 Å². The van der Waals surface area contributed by atoms with Crippen molar-refractivity contribution in [3.8, 4) is 6.07 Å². The summed E-state index contributed by atoms with van der Waals surface area (Å²) < 4.78 is 0. The number of aryl methyl sites for hydroxylation is 2. The summed E-state index contributed by atoms with van der Waals surface area (Å²) in [6.45, 7) is 4.20. The minimum absolute atomic E-state index is 0.0785. The van der Waals surface area contributed by atoms with Crippen LogP contribution in [0.2, 0.25) is 0 Å². The van der Waals surface area contributed by atoms with Gasteiger partial charge in [0, 0.05) is 5.33 Å². The number of hydrogen-bond donors (Lipinski definition) is 0. The van der Waals surface area contributed by atoms with E-state index in [9.17, 15) is 0 Å². The SMILES string of the molecule is Cc1cccc(C)c1CC(C#N)CBr. The molecule has 0 fully saturated rings. The zero-order valence-corrected chi connectivity index (χ0v) is 10.1. The van der Waals surface area contributed by atoms with Crippen LogP contribution in [0.4, 0.5) is 0 Å². The van der Waals surface area contributed by atoms with Crippen LogP contribution in [0.5, 0.6) is 0 Å². The summed E-state index contributed by atoms with van der Waals surface area (Å²) >= 11 is 3.36. The first-order valence-corrected chi connectivity index (χ1v) is 5.82. The first-order valence-electron chi connectivity index (χ1n) is 4.69. The van der Waals surface area contributed by atoms with Gasteiger partial charge in [-0.15, -0.1) is 0 Å². The molecule has 0 spiro atoms. The minimum Gasteiger partial charge on any atom is -0.198 e. The molecule has 0 bridgehead atoms. The Kier molecular flexibility index (Phi) is 4.16. The van der Waals surface area contributed by atoms with Gasteiger partial charge < -0.3 is 0 Å². The lowest BCUT2D eigenvalue weighted by molar-refractivity contribution is 0.748. The molecule has 2 heteroatoms. The molecule has 1 nitrogen and oxygen atoms in total. The van der Waals surface area contributed by atoms with Crippen molar-refractivity contribution in [3.05, 3.63) is 34.9 Å². The molecule has 1 unspecified atom stereocenters. The molecular weight excluding hydrogens is 238 g/mol. The molecule has 0 radical (unpaired) electrons. The van der Waals surface area contributed by atoms with Gasteiger partial charge in [0.05, 0.1) is 12.0 Å². The maximum absolute atomic E-state index is 8.89. The quantitative estimate of drug-likeness (QED) is 0.756. The van der Waals surface area contributed by atoms with Crippen LogP contribution >= 0.6 is 15.9 Å². The Bertz CT molecular complexity index is 332. The Balaban J connectivity index is 2.91. The number of benzene rings is 1. The fourth-order valence-electron chi connectivity index (χ4n) is 1.55. The van der Waals surface area contributed by atoms with E-state index in [0.717, 1.165) is 11.8 Å². The van der Waals surface area contributed by atoms with Gasteiger partial charge in [-0.3, -0.25) is 0 Å². The molecule has 0 saturated carbocycles. The summed E-state index contributed by atoms with van der Waals surface area (Å²) in [5.41, 5.74) is 3.89. The summed E-state index contributed by atoms with van der Waals surface area (Å²) in [5, 5.41) is 9.64.